The molecule has 5 nitrogen and oxygen atoms in total. The largest absolute Gasteiger partial charge is 0.274 e. The van der Waals surface area contributed by atoms with Crippen LogP contribution >= 0.6 is 0 Å². The first-order chi connectivity index (χ1) is 6.95. The smallest absolute Gasteiger partial charge is 0.243 e. The zero-order valence-electron chi connectivity index (χ0n) is 9.27. The highest BCUT2D eigenvalue weighted by atomic mass is 32.2. The number of aromatic nitrogens is 2. The van der Waals surface area contributed by atoms with Crippen molar-refractivity contribution in [3.63, 3.8) is 0 Å². The van der Waals surface area contributed by atoms with Crippen LogP contribution in [-0.2, 0) is 17.1 Å². The van der Waals surface area contributed by atoms with Crippen LogP contribution in [0.3, 0.4) is 0 Å². The summed E-state index contributed by atoms with van der Waals surface area (Å²) < 4.78 is 27.6. The summed E-state index contributed by atoms with van der Waals surface area (Å²) in [5, 5.41) is 3.83. The fourth-order valence-corrected chi connectivity index (χ4v) is 2.62. The molecule has 0 spiro atoms. The van der Waals surface area contributed by atoms with Gasteiger partial charge in [-0.05, 0) is 13.3 Å². The molecular weight excluding hydrogens is 214 g/mol. The van der Waals surface area contributed by atoms with Crippen molar-refractivity contribution in [2.75, 3.05) is 0 Å². The molecule has 0 fully saturated rings. The zero-order chi connectivity index (χ0) is 11.5. The van der Waals surface area contributed by atoms with Gasteiger partial charge in [-0.2, -0.15) is 5.10 Å². The second-order valence-corrected chi connectivity index (χ2v) is 5.37. The molecule has 1 N–H and O–H groups in total. The van der Waals surface area contributed by atoms with E-state index in [1.54, 1.807) is 7.05 Å². The van der Waals surface area contributed by atoms with E-state index in [-0.39, 0.29) is 10.9 Å². The van der Waals surface area contributed by atoms with E-state index in [1.807, 2.05) is 13.8 Å². The molecule has 0 amide bonds. The number of rotatable bonds is 5. The molecule has 0 aromatic carbocycles. The molecule has 1 aromatic heterocycles. The minimum absolute atomic E-state index is 0.0415. The van der Waals surface area contributed by atoms with E-state index < -0.39 is 10.0 Å². The number of aryl methyl sites for hydroxylation is 1. The maximum atomic E-state index is 11.8. The highest BCUT2D eigenvalue weighted by Gasteiger charge is 2.18. The van der Waals surface area contributed by atoms with Gasteiger partial charge in [0, 0.05) is 19.3 Å². The lowest BCUT2D eigenvalue weighted by atomic mass is 10.2. The maximum absolute atomic E-state index is 11.8. The summed E-state index contributed by atoms with van der Waals surface area (Å²) in [5.74, 6) is 0. The van der Waals surface area contributed by atoms with Gasteiger partial charge in [0.2, 0.25) is 10.0 Å². The van der Waals surface area contributed by atoms with Crippen molar-refractivity contribution >= 4 is 10.0 Å². The van der Waals surface area contributed by atoms with Gasteiger partial charge in [0.05, 0.1) is 6.20 Å². The number of nitrogens with one attached hydrogen (secondary N) is 1. The fourth-order valence-electron chi connectivity index (χ4n) is 1.36. The Morgan fingerprint density at radius 3 is 2.73 bits per heavy atom. The van der Waals surface area contributed by atoms with Crippen LogP contribution in [-0.4, -0.2) is 24.2 Å². The third-order valence-electron chi connectivity index (χ3n) is 2.07. The molecule has 1 rings (SSSR count). The van der Waals surface area contributed by atoms with Crippen LogP contribution in [0.15, 0.2) is 17.3 Å². The average Bonchev–Trinajstić information content (AvgIpc) is 2.51. The predicted molar refractivity (Wildman–Crippen MR) is 57.9 cm³/mol. The summed E-state index contributed by atoms with van der Waals surface area (Å²) in [6.07, 6.45) is 4.62. The Bertz CT molecular complexity index is 411. The fraction of sp³-hybridized carbons (Fsp3) is 0.667. The van der Waals surface area contributed by atoms with Gasteiger partial charge in [0.15, 0.2) is 0 Å². The summed E-state index contributed by atoms with van der Waals surface area (Å²) in [4.78, 5) is 0.216. The molecule has 6 heteroatoms. The molecule has 0 unspecified atom stereocenters. The molecule has 0 saturated heterocycles. The molecule has 0 saturated carbocycles. The van der Waals surface area contributed by atoms with E-state index in [4.69, 9.17) is 0 Å². The Morgan fingerprint density at radius 1 is 1.60 bits per heavy atom. The molecule has 15 heavy (non-hydrogen) atoms. The van der Waals surface area contributed by atoms with Crippen LogP contribution in [0.2, 0.25) is 0 Å². The molecule has 0 bridgehead atoms. The molecule has 1 heterocycles. The second kappa shape index (κ2) is 4.76. The molecule has 1 atom stereocenters. The Kier molecular flexibility index (Phi) is 3.87. The molecule has 86 valence electrons. The minimum atomic E-state index is -3.39. The highest BCUT2D eigenvalue weighted by Crippen LogP contribution is 2.08. The Balaban J connectivity index is 2.76. The third-order valence-corrected chi connectivity index (χ3v) is 3.61. The van der Waals surface area contributed by atoms with Crippen molar-refractivity contribution in [3.05, 3.63) is 12.4 Å². The van der Waals surface area contributed by atoms with Crippen LogP contribution in [0.1, 0.15) is 26.7 Å². The monoisotopic (exact) mass is 231 g/mol. The van der Waals surface area contributed by atoms with Gasteiger partial charge in [0.1, 0.15) is 4.90 Å². The van der Waals surface area contributed by atoms with Crippen molar-refractivity contribution in [2.24, 2.45) is 7.05 Å². The average molecular weight is 231 g/mol. The van der Waals surface area contributed by atoms with Crippen LogP contribution in [0, 0.1) is 0 Å². The van der Waals surface area contributed by atoms with Gasteiger partial charge in [-0.25, -0.2) is 13.1 Å². The second-order valence-electron chi connectivity index (χ2n) is 3.66. The van der Waals surface area contributed by atoms with Gasteiger partial charge in [-0.15, -0.1) is 0 Å². The van der Waals surface area contributed by atoms with Gasteiger partial charge in [0.25, 0.3) is 0 Å². The molecule has 0 aliphatic heterocycles. The lowest BCUT2D eigenvalue weighted by molar-refractivity contribution is 0.544. The summed E-state index contributed by atoms with van der Waals surface area (Å²) in [6.45, 7) is 3.88. The standard InChI is InChI=1S/C9H17N3O2S/c1-4-5-8(2)11-15(13,14)9-6-10-12(3)7-9/h6-8,11H,4-5H2,1-3H3/t8-/m0/s1. The number of nitrogens with zero attached hydrogens (tertiary/aromatic N) is 2. The summed E-state index contributed by atoms with van der Waals surface area (Å²) in [6, 6.07) is -0.0415. The first-order valence-corrected chi connectivity index (χ1v) is 6.45. The first-order valence-electron chi connectivity index (χ1n) is 4.96. The van der Waals surface area contributed by atoms with E-state index in [0.717, 1.165) is 12.8 Å². The maximum Gasteiger partial charge on any atom is 0.243 e. The quantitative estimate of drug-likeness (QED) is 0.818. The minimum Gasteiger partial charge on any atom is -0.274 e. The van der Waals surface area contributed by atoms with E-state index in [1.165, 1.54) is 17.1 Å². The SMILES string of the molecule is CCC[C@H](C)NS(=O)(=O)c1cnn(C)c1. The Morgan fingerprint density at radius 2 is 2.27 bits per heavy atom. The van der Waals surface area contributed by atoms with Crippen molar-refractivity contribution in [2.45, 2.75) is 37.6 Å². The van der Waals surface area contributed by atoms with E-state index in [0.29, 0.717) is 0 Å². The lowest BCUT2D eigenvalue weighted by Crippen LogP contribution is -2.32. The summed E-state index contributed by atoms with van der Waals surface area (Å²) in [5.41, 5.74) is 0. The van der Waals surface area contributed by atoms with Gasteiger partial charge >= 0.3 is 0 Å². The van der Waals surface area contributed by atoms with E-state index in [9.17, 15) is 8.42 Å². The van der Waals surface area contributed by atoms with Crippen LogP contribution in [0.4, 0.5) is 0 Å². The first kappa shape index (κ1) is 12.2. The van der Waals surface area contributed by atoms with E-state index >= 15 is 0 Å². The third kappa shape index (κ3) is 3.32. The highest BCUT2D eigenvalue weighted by molar-refractivity contribution is 7.89. The predicted octanol–water partition coefficient (Wildman–Crippen LogP) is 0.887. The normalized spacial score (nSPS) is 14.1. The van der Waals surface area contributed by atoms with Crippen molar-refractivity contribution in [1.82, 2.24) is 14.5 Å². The van der Waals surface area contributed by atoms with Crippen molar-refractivity contribution in [3.8, 4) is 0 Å². The summed E-state index contributed by atoms with van der Waals surface area (Å²) in [7, 11) is -1.71. The Labute approximate surface area is 90.5 Å². The zero-order valence-corrected chi connectivity index (χ0v) is 10.1. The van der Waals surface area contributed by atoms with Crippen LogP contribution in [0.25, 0.3) is 0 Å². The van der Waals surface area contributed by atoms with Crippen LogP contribution < -0.4 is 4.72 Å². The molecular formula is C9H17N3O2S. The molecule has 0 radical (unpaired) electrons. The molecule has 1 aromatic rings. The van der Waals surface area contributed by atoms with Gasteiger partial charge in [-0.1, -0.05) is 13.3 Å². The van der Waals surface area contributed by atoms with Gasteiger partial charge in [-0.3, -0.25) is 4.68 Å². The Hall–Kier alpha value is -0.880. The number of hydrogen-bond acceptors (Lipinski definition) is 3. The van der Waals surface area contributed by atoms with Crippen LogP contribution in [0.5, 0.6) is 0 Å². The van der Waals surface area contributed by atoms with E-state index in [2.05, 4.69) is 9.82 Å². The van der Waals surface area contributed by atoms with Crippen molar-refractivity contribution in [1.29, 1.82) is 0 Å². The number of hydrogen-bond donors (Lipinski definition) is 1. The molecule has 0 aliphatic rings. The van der Waals surface area contributed by atoms with Crippen molar-refractivity contribution < 1.29 is 8.42 Å². The lowest BCUT2D eigenvalue weighted by Gasteiger charge is -2.11. The summed E-state index contributed by atoms with van der Waals surface area (Å²) >= 11 is 0. The topological polar surface area (TPSA) is 64.0 Å². The number of sulfonamides is 1. The molecule has 0 aliphatic carbocycles. The van der Waals surface area contributed by atoms with Gasteiger partial charge < -0.3 is 0 Å².